The third kappa shape index (κ3) is 4.85. The smallest absolute Gasteiger partial charge is 0.222 e. The lowest BCUT2D eigenvalue weighted by Gasteiger charge is -2.36. The Kier molecular flexibility index (Phi) is 6.58. The highest BCUT2D eigenvalue weighted by Crippen LogP contribution is 2.26. The zero-order valence-corrected chi connectivity index (χ0v) is 19.2. The summed E-state index contributed by atoms with van der Waals surface area (Å²) in [5.74, 6) is 2.35. The quantitative estimate of drug-likeness (QED) is 0.787. The summed E-state index contributed by atoms with van der Waals surface area (Å²) in [6, 6.07) is 7.18. The zero-order valence-electron chi connectivity index (χ0n) is 19.2. The number of hydrogen-bond donors (Lipinski definition) is 1. The van der Waals surface area contributed by atoms with Gasteiger partial charge in [-0.1, -0.05) is 43.7 Å². The molecule has 1 N–H and O–H groups in total. The topological polar surface area (TPSA) is 69.6 Å². The molecule has 1 aliphatic carbocycles. The third-order valence-corrected chi connectivity index (χ3v) is 6.09. The van der Waals surface area contributed by atoms with Crippen LogP contribution in [0.3, 0.4) is 0 Å². The number of aromatic nitrogens is 2. The van der Waals surface area contributed by atoms with E-state index < -0.39 is 0 Å². The van der Waals surface area contributed by atoms with Crippen molar-refractivity contribution in [2.24, 2.45) is 5.92 Å². The Bertz CT molecular complexity index is 1140. The van der Waals surface area contributed by atoms with Crippen molar-refractivity contribution in [3.05, 3.63) is 46.5 Å². The molecule has 1 fully saturated rings. The van der Waals surface area contributed by atoms with E-state index in [1.165, 1.54) is 0 Å². The van der Waals surface area contributed by atoms with Gasteiger partial charge in [0.05, 0.1) is 10.9 Å². The van der Waals surface area contributed by atoms with Crippen molar-refractivity contribution in [1.82, 2.24) is 14.9 Å². The maximum atomic E-state index is 12.6. The second kappa shape index (κ2) is 9.55. The summed E-state index contributed by atoms with van der Waals surface area (Å²) >= 11 is 0. The molecule has 6 heteroatoms. The average Bonchev–Trinajstić information content (AvgIpc) is 2.97. The van der Waals surface area contributed by atoms with E-state index in [4.69, 9.17) is 9.97 Å². The van der Waals surface area contributed by atoms with Crippen molar-refractivity contribution in [3.63, 3.8) is 0 Å². The van der Waals surface area contributed by atoms with Gasteiger partial charge in [0.2, 0.25) is 5.91 Å². The Morgan fingerprint density at radius 2 is 1.84 bits per heavy atom. The van der Waals surface area contributed by atoms with Gasteiger partial charge in [-0.3, -0.25) is 4.79 Å². The first-order valence-corrected chi connectivity index (χ1v) is 11.5. The number of allylic oxidation sites excluding steroid dienone is 2. The molecule has 1 aromatic carbocycles. The minimum absolute atomic E-state index is 0.170. The van der Waals surface area contributed by atoms with Crippen LogP contribution in [0.15, 0.2) is 35.9 Å². The summed E-state index contributed by atoms with van der Waals surface area (Å²) in [6.07, 6.45) is 8.81. The molecule has 0 atom stereocenters. The summed E-state index contributed by atoms with van der Waals surface area (Å²) in [7, 11) is 0. The number of para-hydroxylation sites is 1. The van der Waals surface area contributed by atoms with Gasteiger partial charge in [-0.05, 0) is 43.9 Å². The van der Waals surface area contributed by atoms with Crippen LogP contribution in [0, 0.1) is 5.92 Å². The summed E-state index contributed by atoms with van der Waals surface area (Å²) in [4.78, 5) is 26.5. The largest absolute Gasteiger partial charge is 0.507 e. The number of piperazine rings is 1. The number of benzene rings is 1. The number of aromatic hydroxyl groups is 1. The fraction of sp³-hybridized carbons (Fsp3) is 0.423. The minimum atomic E-state index is 0.170. The van der Waals surface area contributed by atoms with E-state index >= 15 is 0 Å². The number of anilines is 1. The standard InChI is InChI=1S/C26H32N4O2/c1-18(2)11-12-24(32)29-13-15-30(16-14-29)26-20-9-6-7-19(3)17-22(20)27-25(28-26)21-8-4-5-10-23(21)31/h4-5,7-10,17-18,31H,6,11-16H2,1-3H3. The lowest BCUT2D eigenvalue weighted by molar-refractivity contribution is -0.131. The van der Waals surface area contributed by atoms with Gasteiger partial charge < -0.3 is 14.9 Å². The SMILES string of the molecule is CC1=CCC=c2c(N3CCN(C(=O)CCC(C)C)CC3)nc(-c3ccccc3O)nc2=C1. The fourth-order valence-corrected chi connectivity index (χ4v) is 4.18. The molecule has 1 aliphatic heterocycles. The van der Waals surface area contributed by atoms with Crippen LogP contribution >= 0.6 is 0 Å². The summed E-state index contributed by atoms with van der Waals surface area (Å²) in [5.41, 5.74) is 1.78. The van der Waals surface area contributed by atoms with Crippen LogP contribution in [0.25, 0.3) is 23.5 Å². The second-order valence-electron chi connectivity index (χ2n) is 9.02. The van der Waals surface area contributed by atoms with Crippen molar-refractivity contribution in [3.8, 4) is 17.1 Å². The third-order valence-electron chi connectivity index (χ3n) is 6.09. The maximum absolute atomic E-state index is 12.6. The molecular weight excluding hydrogens is 400 g/mol. The molecule has 1 amide bonds. The van der Waals surface area contributed by atoms with E-state index in [-0.39, 0.29) is 11.7 Å². The van der Waals surface area contributed by atoms with Gasteiger partial charge in [0.15, 0.2) is 5.82 Å². The molecule has 2 aromatic rings. The molecule has 4 rings (SSSR count). The Balaban J connectivity index is 1.66. The van der Waals surface area contributed by atoms with E-state index in [2.05, 4.69) is 43.9 Å². The van der Waals surface area contributed by atoms with Crippen molar-refractivity contribution in [1.29, 1.82) is 0 Å². The van der Waals surface area contributed by atoms with Gasteiger partial charge >= 0.3 is 0 Å². The summed E-state index contributed by atoms with van der Waals surface area (Å²) < 4.78 is 0. The first kappa shape index (κ1) is 22.1. The highest BCUT2D eigenvalue weighted by Gasteiger charge is 2.24. The number of rotatable bonds is 5. The van der Waals surface area contributed by atoms with Crippen LogP contribution in [0.2, 0.25) is 0 Å². The zero-order chi connectivity index (χ0) is 22.7. The van der Waals surface area contributed by atoms with E-state index in [0.29, 0.717) is 36.8 Å². The maximum Gasteiger partial charge on any atom is 0.222 e. The predicted octanol–water partition coefficient (Wildman–Crippen LogP) is 2.85. The molecular formula is C26H32N4O2. The Labute approximate surface area is 189 Å². The van der Waals surface area contributed by atoms with Crippen molar-refractivity contribution >= 4 is 23.9 Å². The number of fused-ring (bicyclic) bond motifs is 1. The molecule has 0 radical (unpaired) electrons. The highest BCUT2D eigenvalue weighted by molar-refractivity contribution is 5.76. The fourth-order valence-electron chi connectivity index (χ4n) is 4.18. The van der Waals surface area contributed by atoms with E-state index in [0.717, 1.165) is 47.9 Å². The molecule has 0 saturated carbocycles. The summed E-state index contributed by atoms with van der Waals surface area (Å²) in [5, 5.41) is 12.3. The Morgan fingerprint density at radius 3 is 2.56 bits per heavy atom. The lowest BCUT2D eigenvalue weighted by atomic mass is 10.1. The number of hydrogen-bond acceptors (Lipinski definition) is 5. The lowest BCUT2D eigenvalue weighted by Crippen LogP contribution is -2.51. The second-order valence-corrected chi connectivity index (χ2v) is 9.02. The molecule has 2 aliphatic rings. The van der Waals surface area contributed by atoms with Crippen molar-refractivity contribution < 1.29 is 9.90 Å². The highest BCUT2D eigenvalue weighted by atomic mass is 16.3. The average molecular weight is 433 g/mol. The number of carbonyl (C=O) groups excluding carboxylic acids is 1. The molecule has 168 valence electrons. The molecule has 32 heavy (non-hydrogen) atoms. The molecule has 0 bridgehead atoms. The number of nitrogens with zero attached hydrogens (tertiary/aromatic N) is 4. The number of carbonyl (C=O) groups is 1. The Hall–Kier alpha value is -3.15. The first-order chi connectivity index (χ1) is 15.4. The van der Waals surface area contributed by atoms with Gasteiger partial charge in [-0.25, -0.2) is 9.97 Å². The van der Waals surface area contributed by atoms with Crippen molar-refractivity contribution in [2.75, 3.05) is 31.1 Å². The molecule has 1 saturated heterocycles. The van der Waals surface area contributed by atoms with E-state index in [9.17, 15) is 9.90 Å². The van der Waals surface area contributed by atoms with Crippen LogP contribution in [0.1, 0.15) is 40.0 Å². The van der Waals surface area contributed by atoms with Crippen LogP contribution < -0.4 is 15.5 Å². The Morgan fingerprint density at radius 1 is 1.09 bits per heavy atom. The number of phenolic OH excluding ortho intramolecular Hbond substituents is 1. The molecule has 0 spiro atoms. The number of amides is 1. The molecule has 0 unspecified atom stereocenters. The number of phenols is 1. The van der Waals surface area contributed by atoms with Crippen LogP contribution in [0.5, 0.6) is 5.75 Å². The molecule has 2 heterocycles. The van der Waals surface area contributed by atoms with Crippen molar-refractivity contribution in [2.45, 2.75) is 40.0 Å². The van der Waals surface area contributed by atoms with Crippen LogP contribution in [-0.4, -0.2) is 52.1 Å². The van der Waals surface area contributed by atoms with Gasteiger partial charge in [-0.2, -0.15) is 0 Å². The van der Waals surface area contributed by atoms with E-state index in [1.807, 2.05) is 17.0 Å². The van der Waals surface area contributed by atoms with Gasteiger partial charge in [0, 0.05) is 37.8 Å². The van der Waals surface area contributed by atoms with E-state index in [1.54, 1.807) is 12.1 Å². The first-order valence-electron chi connectivity index (χ1n) is 11.5. The monoisotopic (exact) mass is 432 g/mol. The van der Waals surface area contributed by atoms with Crippen LogP contribution in [0.4, 0.5) is 5.82 Å². The van der Waals surface area contributed by atoms with Gasteiger partial charge in [0.25, 0.3) is 0 Å². The molecule has 6 nitrogen and oxygen atoms in total. The predicted molar refractivity (Wildman–Crippen MR) is 129 cm³/mol. The van der Waals surface area contributed by atoms with Gasteiger partial charge in [0.1, 0.15) is 11.6 Å². The van der Waals surface area contributed by atoms with Gasteiger partial charge in [-0.15, -0.1) is 0 Å². The summed E-state index contributed by atoms with van der Waals surface area (Å²) in [6.45, 7) is 9.24. The normalized spacial score (nSPS) is 16.1. The molecule has 1 aromatic heterocycles. The van der Waals surface area contributed by atoms with Crippen LogP contribution in [-0.2, 0) is 4.79 Å². The minimum Gasteiger partial charge on any atom is -0.507 e.